The van der Waals surface area contributed by atoms with Crippen LogP contribution in [0.4, 0.5) is 4.79 Å². The fourth-order valence-electron chi connectivity index (χ4n) is 11.7. The monoisotopic (exact) mass is 1300 g/mol. The molecule has 8 N–H and O–H groups in total. The fraction of sp³-hybridized carbons (Fsp3) is 0.548. The number of ether oxygens (including phenoxy) is 6. The number of Topliss-reactive ketones (excluding diaryl/α,β-unsaturated/α-hetero) is 1. The number of sulfone groups is 1. The summed E-state index contributed by atoms with van der Waals surface area (Å²) in [7, 11) is -7.42. The quantitative estimate of drug-likeness (QED) is 0.0278. The number of unbranched alkanes of at least 4 members (excludes halogenated alkanes) is 2. The van der Waals surface area contributed by atoms with Crippen molar-refractivity contribution in [2.45, 2.75) is 111 Å². The molecular formula is C62H84Cl2N8O14S2. The summed E-state index contributed by atoms with van der Waals surface area (Å²) in [4.78, 5) is 54.3. The first-order chi connectivity index (χ1) is 42.5. The Hall–Kier alpha value is -5.48. The average Bonchev–Trinajstić information content (AvgIpc) is 2.29. The summed E-state index contributed by atoms with van der Waals surface area (Å²) in [6.45, 7) is 8.11. The average molecular weight is 1300 g/mol. The van der Waals surface area contributed by atoms with Crippen LogP contribution < -0.4 is 41.6 Å². The Balaban J connectivity index is 0.587. The molecule has 4 aromatic rings. The van der Waals surface area contributed by atoms with Crippen molar-refractivity contribution < 1.29 is 64.4 Å². The molecule has 2 saturated heterocycles. The zero-order valence-electron chi connectivity index (χ0n) is 49.8. The zero-order chi connectivity index (χ0) is 62.5. The molecule has 0 spiro atoms. The van der Waals surface area contributed by atoms with Gasteiger partial charge in [0.1, 0.15) is 29.5 Å². The summed E-state index contributed by atoms with van der Waals surface area (Å²) in [5.74, 6) is -0.0541. The number of carbonyl (C=O) groups excluding carboxylic acids is 4. The maximum Gasteiger partial charge on any atom is 0.314 e. The molecule has 0 radical (unpaired) electrons. The van der Waals surface area contributed by atoms with Gasteiger partial charge in [0.05, 0.1) is 67.3 Å². The van der Waals surface area contributed by atoms with Crippen LogP contribution in [0.2, 0.25) is 10.0 Å². The third-order valence-corrected chi connectivity index (χ3v) is 19.9. The largest absolute Gasteiger partial charge is 0.484 e. The number of fused-ring (bicyclic) bond motifs is 2. The van der Waals surface area contributed by atoms with Crippen LogP contribution in [-0.4, -0.2) is 180 Å². The number of amides is 4. The number of sulfonamides is 1. The van der Waals surface area contributed by atoms with Gasteiger partial charge in [-0.25, -0.2) is 26.4 Å². The van der Waals surface area contributed by atoms with Crippen LogP contribution in [0, 0.1) is 0 Å². The molecule has 4 aromatic carbocycles. The van der Waals surface area contributed by atoms with Crippen molar-refractivity contribution in [1.82, 2.24) is 30.5 Å². The highest BCUT2D eigenvalue weighted by atomic mass is 35.5. The number of benzene rings is 4. The maximum atomic E-state index is 13.2. The molecule has 88 heavy (non-hydrogen) atoms. The van der Waals surface area contributed by atoms with E-state index in [1.54, 1.807) is 36.4 Å². The lowest BCUT2D eigenvalue weighted by atomic mass is 10.0. The molecule has 2 heterocycles. The second kappa shape index (κ2) is 34.1. The van der Waals surface area contributed by atoms with E-state index in [1.165, 1.54) is 24.3 Å². The van der Waals surface area contributed by atoms with Crippen molar-refractivity contribution in [2.24, 2.45) is 11.5 Å². The van der Waals surface area contributed by atoms with Crippen LogP contribution in [0.5, 0.6) is 11.5 Å². The minimum Gasteiger partial charge on any atom is -0.484 e. The molecule has 0 saturated carbocycles. The van der Waals surface area contributed by atoms with E-state index in [2.05, 4.69) is 30.5 Å². The van der Waals surface area contributed by atoms with Gasteiger partial charge in [0.15, 0.2) is 9.84 Å². The highest BCUT2D eigenvalue weighted by Crippen LogP contribution is 2.43. The van der Waals surface area contributed by atoms with Gasteiger partial charge in [-0.1, -0.05) is 36.0 Å². The van der Waals surface area contributed by atoms with E-state index in [0.717, 1.165) is 100 Å². The molecule has 4 amide bonds. The Labute approximate surface area is 526 Å². The van der Waals surface area contributed by atoms with Gasteiger partial charge in [0.2, 0.25) is 21.8 Å². The SMILES string of the molecule is NC(=O)c1cc(Cl)cc2c1C[C@H](N1CCCCC1)[C@H]2Oc1ccc(S(=O)(=O)NCCOCCOCCCC(=O)CCCCCNC(=O)NCCOCCOCCCS(=O)(=O)c2ccc(O[C@H]3c4cc(Cl)cc(C(N)=O)c4C[C@@H]3N3CCNCC3)cc2)cc1. The lowest BCUT2D eigenvalue weighted by molar-refractivity contribution is -0.119. The minimum atomic E-state index is -3.82. The zero-order valence-corrected chi connectivity index (χ0v) is 52.9. The standard InChI is InChI=1S/C62H84Cl2N8O14S2/c63-43-37-52-50(54(39-43)60(65)74)41-56(71-24-5-2-6-25-71)58(52)86-47-13-17-49(18-14-47)88(79,80)70-23-31-84-35-32-81-28-7-10-45(73)9-3-1-4-19-68-62(76)69-22-30-83-34-33-82-29-8-36-87(77,78)48-15-11-46(12-16-48)85-59-53-38-44(64)40-55(61(66)75)51(53)42-57(59)72-26-20-67-21-27-72/h11-18,37-40,56-59,67,70H,1-10,19-36,41-42H2,(H2,65,74)(H2,66,75)(H2,68,69,76)/t56-,57-,58-,59-/m0/s1. The van der Waals surface area contributed by atoms with Gasteiger partial charge in [-0.05, 0) is 160 Å². The number of primary amides is 2. The van der Waals surface area contributed by atoms with Crippen molar-refractivity contribution >= 4 is 66.7 Å². The van der Waals surface area contributed by atoms with Gasteiger partial charge < -0.3 is 55.8 Å². The first-order valence-corrected chi connectivity index (χ1v) is 34.4. The first kappa shape index (κ1) is 68.4. The van der Waals surface area contributed by atoms with E-state index in [1.807, 2.05) is 12.1 Å². The summed E-state index contributed by atoms with van der Waals surface area (Å²) in [6.07, 6.45) is 7.60. The van der Waals surface area contributed by atoms with Crippen LogP contribution in [0.25, 0.3) is 0 Å². The summed E-state index contributed by atoms with van der Waals surface area (Å²) in [5.41, 5.74) is 15.5. The molecule has 0 aromatic heterocycles. The van der Waals surface area contributed by atoms with Crippen molar-refractivity contribution in [2.75, 3.05) is 118 Å². The van der Waals surface area contributed by atoms with E-state index >= 15 is 0 Å². The molecule has 4 aliphatic rings. The minimum absolute atomic E-state index is 0.0285. The Kier molecular flexibility index (Phi) is 26.5. The van der Waals surface area contributed by atoms with Crippen LogP contribution in [0.3, 0.4) is 0 Å². The molecule has 2 aliphatic carbocycles. The van der Waals surface area contributed by atoms with Gasteiger partial charge >= 0.3 is 6.03 Å². The van der Waals surface area contributed by atoms with Gasteiger partial charge in [-0.15, -0.1) is 0 Å². The van der Waals surface area contributed by atoms with Crippen LogP contribution in [0.15, 0.2) is 82.6 Å². The lowest BCUT2D eigenvalue weighted by Gasteiger charge is -2.36. The molecule has 482 valence electrons. The number of carbonyl (C=O) groups is 4. The Bertz CT molecular complexity index is 2980. The van der Waals surface area contributed by atoms with Gasteiger partial charge in [-0.3, -0.25) is 24.2 Å². The number of nitrogens with zero attached hydrogens (tertiary/aromatic N) is 2. The number of likely N-dealkylation sites (tertiary alicyclic amines) is 1. The van der Waals surface area contributed by atoms with Gasteiger partial charge in [-0.2, -0.15) is 0 Å². The Morgan fingerprint density at radius 2 is 1.03 bits per heavy atom. The van der Waals surface area contributed by atoms with Crippen LogP contribution in [0.1, 0.15) is 119 Å². The van der Waals surface area contributed by atoms with Crippen molar-refractivity contribution in [3.05, 3.63) is 116 Å². The van der Waals surface area contributed by atoms with Gasteiger partial charge in [0.25, 0.3) is 0 Å². The fourth-order valence-corrected chi connectivity index (χ4v) is 14.5. The van der Waals surface area contributed by atoms with Crippen molar-refractivity contribution in [3.63, 3.8) is 0 Å². The number of piperidine rings is 1. The second-order valence-corrected chi connectivity index (χ2v) is 27.1. The molecule has 4 atom stereocenters. The van der Waals surface area contributed by atoms with Crippen molar-refractivity contribution in [1.29, 1.82) is 0 Å². The molecular weight excluding hydrogens is 1220 g/mol. The smallest absolute Gasteiger partial charge is 0.314 e. The summed E-state index contributed by atoms with van der Waals surface area (Å²) >= 11 is 12.9. The topological polar surface area (TPSA) is 299 Å². The third-order valence-electron chi connectivity index (χ3n) is 16.2. The lowest BCUT2D eigenvalue weighted by Crippen LogP contribution is -2.50. The summed E-state index contributed by atoms with van der Waals surface area (Å²) < 4.78 is 90.4. The van der Waals surface area contributed by atoms with Crippen LogP contribution >= 0.6 is 23.2 Å². The number of hydrogen-bond donors (Lipinski definition) is 6. The molecule has 2 fully saturated rings. The third kappa shape index (κ3) is 20.0. The molecule has 0 bridgehead atoms. The predicted octanol–water partition coefficient (Wildman–Crippen LogP) is 6.09. The van der Waals surface area contributed by atoms with E-state index in [-0.39, 0.29) is 85.6 Å². The highest BCUT2D eigenvalue weighted by Gasteiger charge is 2.42. The second-order valence-electron chi connectivity index (χ2n) is 22.4. The molecule has 26 heteroatoms. The number of nitrogens with one attached hydrogen (secondary N) is 4. The van der Waals surface area contributed by atoms with Crippen LogP contribution in [-0.2, 0) is 56.4 Å². The Morgan fingerprint density at radius 3 is 1.59 bits per heavy atom. The van der Waals surface area contributed by atoms with Gasteiger partial charge in [0, 0.05) is 93.0 Å². The number of hydrogen-bond acceptors (Lipinski definition) is 17. The molecule has 2 aliphatic heterocycles. The van der Waals surface area contributed by atoms with E-state index < -0.39 is 43.9 Å². The number of halogens is 2. The number of nitrogens with two attached hydrogens (primary N) is 2. The molecule has 22 nitrogen and oxygen atoms in total. The maximum absolute atomic E-state index is 13.2. The summed E-state index contributed by atoms with van der Waals surface area (Å²) in [5, 5.41) is 9.70. The normalized spacial score (nSPS) is 18.8. The first-order valence-electron chi connectivity index (χ1n) is 30.5. The summed E-state index contributed by atoms with van der Waals surface area (Å²) in [6, 6.07) is 19.1. The predicted molar refractivity (Wildman–Crippen MR) is 334 cm³/mol. The number of urea groups is 1. The number of piperazine rings is 1. The number of rotatable bonds is 37. The molecule has 8 rings (SSSR count). The Morgan fingerprint density at radius 1 is 0.545 bits per heavy atom. The highest BCUT2D eigenvalue weighted by molar-refractivity contribution is 7.91. The van der Waals surface area contributed by atoms with E-state index in [0.29, 0.717) is 97.5 Å². The van der Waals surface area contributed by atoms with E-state index in [4.69, 9.17) is 63.1 Å². The van der Waals surface area contributed by atoms with E-state index in [9.17, 15) is 36.0 Å². The molecule has 0 unspecified atom stereocenters. The van der Waals surface area contributed by atoms with Crippen molar-refractivity contribution in [3.8, 4) is 11.5 Å². The number of ketones is 1.